The van der Waals surface area contributed by atoms with Gasteiger partial charge < -0.3 is 15.7 Å². The molecule has 4 nitrogen and oxygen atoms in total. The summed E-state index contributed by atoms with van der Waals surface area (Å²) in [6, 6.07) is 13.1. The molecular weight excluding hydrogens is 252 g/mol. The van der Waals surface area contributed by atoms with Crippen molar-refractivity contribution < 1.29 is 9.90 Å². The topological polar surface area (TPSA) is 66.6 Å². The zero-order chi connectivity index (χ0) is 14.1. The predicted octanol–water partition coefficient (Wildman–Crippen LogP) is 3.05. The second kappa shape index (κ2) is 4.89. The molecule has 0 unspecified atom stereocenters. The van der Waals surface area contributed by atoms with Crippen molar-refractivity contribution in [2.24, 2.45) is 0 Å². The zero-order valence-electron chi connectivity index (χ0n) is 11.0. The van der Waals surface area contributed by atoms with Gasteiger partial charge in [-0.2, -0.15) is 0 Å². The fourth-order valence-corrected chi connectivity index (χ4v) is 2.74. The highest BCUT2D eigenvalue weighted by molar-refractivity contribution is 5.96. The molecule has 0 aliphatic carbocycles. The van der Waals surface area contributed by atoms with E-state index in [4.69, 9.17) is 5.73 Å². The molecule has 1 heterocycles. The molecule has 0 amide bonds. The Morgan fingerprint density at radius 3 is 2.75 bits per heavy atom. The van der Waals surface area contributed by atoms with E-state index < -0.39 is 5.97 Å². The van der Waals surface area contributed by atoms with Gasteiger partial charge in [0.25, 0.3) is 0 Å². The normalized spacial score (nSPS) is 13.9. The fourth-order valence-electron chi connectivity index (χ4n) is 2.74. The van der Waals surface area contributed by atoms with Crippen LogP contribution in [0.4, 0.5) is 17.1 Å². The Hall–Kier alpha value is -2.49. The first-order valence-electron chi connectivity index (χ1n) is 6.65. The summed E-state index contributed by atoms with van der Waals surface area (Å²) < 4.78 is 0. The molecule has 0 radical (unpaired) electrons. The number of rotatable bonds is 2. The minimum atomic E-state index is -0.928. The third kappa shape index (κ3) is 2.09. The van der Waals surface area contributed by atoms with Crippen LogP contribution in [0.5, 0.6) is 0 Å². The van der Waals surface area contributed by atoms with Crippen molar-refractivity contribution in [2.45, 2.75) is 12.8 Å². The minimum absolute atomic E-state index is 0.288. The number of carboxylic acids is 1. The van der Waals surface area contributed by atoms with Crippen molar-refractivity contribution in [3.63, 3.8) is 0 Å². The molecule has 0 spiro atoms. The van der Waals surface area contributed by atoms with Crippen molar-refractivity contribution >= 4 is 23.0 Å². The minimum Gasteiger partial charge on any atom is -0.478 e. The van der Waals surface area contributed by atoms with Crippen LogP contribution in [0.3, 0.4) is 0 Å². The number of para-hydroxylation sites is 1. The standard InChI is InChI=1S/C16H16N2O2/c17-12-7-8-13(16(19)20)15(10-12)18-9-3-5-11-4-1-2-6-14(11)18/h1-2,4,6-8,10H,3,5,9,17H2,(H,19,20). The predicted molar refractivity (Wildman–Crippen MR) is 79.6 cm³/mol. The van der Waals surface area contributed by atoms with E-state index in [1.54, 1.807) is 18.2 Å². The fraction of sp³-hybridized carbons (Fsp3) is 0.188. The lowest BCUT2D eigenvalue weighted by atomic mass is 10.00. The van der Waals surface area contributed by atoms with Gasteiger partial charge in [-0.25, -0.2) is 4.79 Å². The number of aromatic carboxylic acids is 1. The Bertz CT molecular complexity index is 667. The van der Waals surface area contributed by atoms with Gasteiger partial charge in [-0.15, -0.1) is 0 Å². The number of carbonyl (C=O) groups is 1. The molecule has 1 aliphatic heterocycles. The number of aryl methyl sites for hydroxylation is 1. The first kappa shape index (κ1) is 12.5. The van der Waals surface area contributed by atoms with E-state index in [2.05, 4.69) is 11.0 Å². The van der Waals surface area contributed by atoms with Crippen LogP contribution in [-0.2, 0) is 6.42 Å². The molecule has 20 heavy (non-hydrogen) atoms. The molecule has 0 saturated heterocycles. The second-order valence-corrected chi connectivity index (χ2v) is 4.97. The number of nitrogens with zero attached hydrogens (tertiary/aromatic N) is 1. The van der Waals surface area contributed by atoms with E-state index in [1.165, 1.54) is 5.56 Å². The second-order valence-electron chi connectivity index (χ2n) is 4.97. The van der Waals surface area contributed by atoms with Gasteiger partial charge in [0, 0.05) is 17.9 Å². The Balaban J connectivity index is 2.15. The number of hydrogen-bond donors (Lipinski definition) is 2. The van der Waals surface area contributed by atoms with Gasteiger partial charge in [0.05, 0.1) is 11.3 Å². The summed E-state index contributed by atoms with van der Waals surface area (Å²) in [5.41, 5.74) is 9.69. The number of nitrogen functional groups attached to an aromatic ring is 1. The molecule has 4 heteroatoms. The molecule has 2 aromatic carbocycles. The molecule has 0 fully saturated rings. The van der Waals surface area contributed by atoms with Crippen LogP contribution in [0, 0.1) is 0 Å². The molecule has 0 atom stereocenters. The number of benzene rings is 2. The highest BCUT2D eigenvalue weighted by Gasteiger charge is 2.22. The van der Waals surface area contributed by atoms with E-state index in [9.17, 15) is 9.90 Å². The van der Waals surface area contributed by atoms with Crippen LogP contribution in [-0.4, -0.2) is 17.6 Å². The number of fused-ring (bicyclic) bond motifs is 1. The summed E-state index contributed by atoms with van der Waals surface area (Å²) in [5, 5.41) is 9.37. The van der Waals surface area contributed by atoms with E-state index in [0.717, 1.165) is 25.1 Å². The molecule has 0 bridgehead atoms. The van der Waals surface area contributed by atoms with Crippen LogP contribution in [0.2, 0.25) is 0 Å². The summed E-state index contributed by atoms with van der Waals surface area (Å²) in [6.45, 7) is 0.806. The Labute approximate surface area is 117 Å². The smallest absolute Gasteiger partial charge is 0.337 e. The Kier molecular flexibility index (Phi) is 3.06. The van der Waals surface area contributed by atoms with Gasteiger partial charge in [0.2, 0.25) is 0 Å². The van der Waals surface area contributed by atoms with Crippen LogP contribution in [0.25, 0.3) is 0 Å². The third-order valence-electron chi connectivity index (χ3n) is 3.65. The lowest BCUT2D eigenvalue weighted by Crippen LogP contribution is -2.26. The first-order chi connectivity index (χ1) is 9.66. The van der Waals surface area contributed by atoms with Crippen LogP contribution in [0.15, 0.2) is 42.5 Å². The highest BCUT2D eigenvalue weighted by atomic mass is 16.4. The van der Waals surface area contributed by atoms with E-state index >= 15 is 0 Å². The van der Waals surface area contributed by atoms with E-state index in [0.29, 0.717) is 11.4 Å². The third-order valence-corrected chi connectivity index (χ3v) is 3.65. The Morgan fingerprint density at radius 2 is 1.95 bits per heavy atom. The van der Waals surface area contributed by atoms with Gasteiger partial charge in [0.1, 0.15) is 0 Å². The maximum atomic E-state index is 11.4. The average Bonchev–Trinajstić information content (AvgIpc) is 2.46. The summed E-state index contributed by atoms with van der Waals surface area (Å²) in [7, 11) is 0. The summed E-state index contributed by atoms with van der Waals surface area (Å²) in [4.78, 5) is 13.5. The van der Waals surface area contributed by atoms with Crippen molar-refractivity contribution in [3.8, 4) is 0 Å². The SMILES string of the molecule is Nc1ccc(C(=O)O)c(N2CCCc3ccccc32)c1. The summed E-state index contributed by atoms with van der Waals surface area (Å²) in [5.74, 6) is -0.928. The monoisotopic (exact) mass is 268 g/mol. The van der Waals surface area contributed by atoms with E-state index in [-0.39, 0.29) is 5.56 Å². The molecule has 0 aromatic heterocycles. The maximum Gasteiger partial charge on any atom is 0.337 e. The van der Waals surface area contributed by atoms with Crippen LogP contribution >= 0.6 is 0 Å². The van der Waals surface area contributed by atoms with Crippen molar-refractivity contribution in [1.82, 2.24) is 0 Å². The molecule has 102 valence electrons. The van der Waals surface area contributed by atoms with Crippen LogP contribution in [0.1, 0.15) is 22.3 Å². The molecule has 1 aliphatic rings. The molecule has 3 N–H and O–H groups in total. The lowest BCUT2D eigenvalue weighted by molar-refractivity contribution is 0.0697. The summed E-state index contributed by atoms with van der Waals surface area (Å²) in [6.07, 6.45) is 2.03. The first-order valence-corrected chi connectivity index (χ1v) is 6.65. The van der Waals surface area contributed by atoms with E-state index in [1.807, 2.05) is 18.2 Å². The van der Waals surface area contributed by atoms with Gasteiger partial charge in [-0.05, 0) is 42.7 Å². The number of anilines is 3. The quantitative estimate of drug-likeness (QED) is 0.821. The largest absolute Gasteiger partial charge is 0.478 e. The number of hydrogen-bond acceptors (Lipinski definition) is 3. The van der Waals surface area contributed by atoms with Crippen LogP contribution < -0.4 is 10.6 Å². The van der Waals surface area contributed by atoms with Gasteiger partial charge in [0.15, 0.2) is 0 Å². The van der Waals surface area contributed by atoms with Gasteiger partial charge in [-0.1, -0.05) is 18.2 Å². The van der Waals surface area contributed by atoms with Gasteiger partial charge >= 0.3 is 5.97 Å². The molecular formula is C16H16N2O2. The molecule has 2 aromatic rings. The number of carboxylic acid groups (broad SMARTS) is 1. The Morgan fingerprint density at radius 1 is 1.15 bits per heavy atom. The average molecular weight is 268 g/mol. The van der Waals surface area contributed by atoms with Crippen molar-refractivity contribution in [3.05, 3.63) is 53.6 Å². The highest BCUT2D eigenvalue weighted by Crippen LogP contribution is 2.36. The number of nitrogens with two attached hydrogens (primary N) is 1. The maximum absolute atomic E-state index is 11.4. The van der Waals surface area contributed by atoms with Gasteiger partial charge in [-0.3, -0.25) is 0 Å². The molecule has 0 saturated carbocycles. The van der Waals surface area contributed by atoms with Crippen molar-refractivity contribution in [2.75, 3.05) is 17.2 Å². The van der Waals surface area contributed by atoms with Crippen molar-refractivity contribution in [1.29, 1.82) is 0 Å². The zero-order valence-corrected chi connectivity index (χ0v) is 11.0. The summed E-state index contributed by atoms with van der Waals surface area (Å²) >= 11 is 0. The molecule has 3 rings (SSSR count). The lowest BCUT2D eigenvalue weighted by Gasteiger charge is -2.32.